The zero-order valence-corrected chi connectivity index (χ0v) is 8.72. The molecule has 0 atom stereocenters. The lowest BCUT2D eigenvalue weighted by Gasteiger charge is -2.10. The van der Waals surface area contributed by atoms with Crippen molar-refractivity contribution in [3.63, 3.8) is 0 Å². The van der Waals surface area contributed by atoms with E-state index in [1.807, 2.05) is 20.8 Å². The Morgan fingerprint density at radius 1 is 1.29 bits per heavy atom. The van der Waals surface area contributed by atoms with Gasteiger partial charge in [-0.15, -0.1) is 0 Å². The molecule has 3 heteroatoms. The summed E-state index contributed by atoms with van der Waals surface area (Å²) in [5.41, 5.74) is 4.55. The highest BCUT2D eigenvalue weighted by atomic mass is 16.4. The van der Waals surface area contributed by atoms with Gasteiger partial charge in [-0.3, -0.25) is 0 Å². The summed E-state index contributed by atoms with van der Waals surface area (Å²) in [6.45, 7) is 6.42. The van der Waals surface area contributed by atoms with E-state index in [9.17, 15) is 4.79 Å². The number of nitrogens with one attached hydrogen (secondary N) is 1. The lowest BCUT2D eigenvalue weighted by Crippen LogP contribution is -2.21. The van der Waals surface area contributed by atoms with Crippen LogP contribution < -0.4 is 5.32 Å². The maximum atomic E-state index is 10.4. The first-order valence-electron chi connectivity index (χ1n) is 4.54. The molecule has 1 amide bonds. The van der Waals surface area contributed by atoms with Gasteiger partial charge in [0.05, 0.1) is 0 Å². The summed E-state index contributed by atoms with van der Waals surface area (Å²) in [6, 6.07) is 4.12. The minimum Gasteiger partial charge on any atom is -0.465 e. The number of carboxylic acid groups (broad SMARTS) is 1. The van der Waals surface area contributed by atoms with Crippen LogP contribution in [-0.2, 0) is 6.54 Å². The largest absolute Gasteiger partial charge is 0.465 e. The number of amides is 1. The number of benzene rings is 1. The van der Waals surface area contributed by atoms with Crippen LogP contribution in [0.3, 0.4) is 0 Å². The Morgan fingerprint density at radius 3 is 2.21 bits per heavy atom. The predicted octanol–water partition coefficient (Wildman–Crippen LogP) is 2.38. The first-order chi connectivity index (χ1) is 6.50. The normalized spacial score (nSPS) is 9.93. The zero-order chi connectivity index (χ0) is 10.7. The van der Waals surface area contributed by atoms with Crippen LogP contribution in [0.5, 0.6) is 0 Å². The summed E-state index contributed by atoms with van der Waals surface area (Å²) < 4.78 is 0. The van der Waals surface area contributed by atoms with Crippen molar-refractivity contribution >= 4 is 6.09 Å². The number of rotatable bonds is 2. The van der Waals surface area contributed by atoms with Crippen molar-refractivity contribution in [2.75, 3.05) is 0 Å². The minimum absolute atomic E-state index is 0.382. The van der Waals surface area contributed by atoms with Crippen molar-refractivity contribution in [3.05, 3.63) is 34.4 Å². The fourth-order valence-corrected chi connectivity index (χ4v) is 1.65. The molecule has 0 unspecified atom stereocenters. The average molecular weight is 193 g/mol. The summed E-state index contributed by atoms with van der Waals surface area (Å²) >= 11 is 0. The molecule has 0 radical (unpaired) electrons. The summed E-state index contributed by atoms with van der Waals surface area (Å²) in [4.78, 5) is 10.4. The molecule has 0 aliphatic carbocycles. The molecule has 1 aromatic carbocycles. The lowest BCUT2D eigenvalue weighted by molar-refractivity contribution is 0.194. The predicted molar refractivity (Wildman–Crippen MR) is 55.5 cm³/mol. The molecule has 76 valence electrons. The zero-order valence-electron chi connectivity index (χ0n) is 8.72. The Balaban J connectivity index is 2.91. The fourth-order valence-electron chi connectivity index (χ4n) is 1.65. The molecule has 0 heterocycles. The Labute approximate surface area is 83.8 Å². The molecule has 0 bridgehead atoms. The van der Waals surface area contributed by atoms with Crippen LogP contribution in [0.15, 0.2) is 12.1 Å². The van der Waals surface area contributed by atoms with Crippen LogP contribution in [0.25, 0.3) is 0 Å². The Kier molecular flexibility index (Phi) is 3.12. The molecular weight excluding hydrogens is 178 g/mol. The first-order valence-corrected chi connectivity index (χ1v) is 4.54. The Morgan fingerprint density at radius 2 is 1.79 bits per heavy atom. The van der Waals surface area contributed by atoms with Crippen molar-refractivity contribution in [3.8, 4) is 0 Å². The van der Waals surface area contributed by atoms with Crippen LogP contribution in [0.2, 0.25) is 0 Å². The van der Waals surface area contributed by atoms with Gasteiger partial charge >= 0.3 is 6.09 Å². The highest BCUT2D eigenvalue weighted by Gasteiger charge is 2.04. The van der Waals surface area contributed by atoms with Gasteiger partial charge in [0.25, 0.3) is 0 Å². The van der Waals surface area contributed by atoms with Gasteiger partial charge in [-0.25, -0.2) is 4.79 Å². The van der Waals surface area contributed by atoms with E-state index in [0.717, 1.165) is 16.7 Å². The topological polar surface area (TPSA) is 49.3 Å². The third-order valence-corrected chi connectivity index (χ3v) is 2.26. The summed E-state index contributed by atoms with van der Waals surface area (Å²) in [5, 5.41) is 10.9. The number of aryl methyl sites for hydroxylation is 3. The second-order valence-electron chi connectivity index (χ2n) is 3.54. The molecule has 1 rings (SSSR count). The summed E-state index contributed by atoms with van der Waals surface area (Å²) in [6.07, 6.45) is -0.982. The summed E-state index contributed by atoms with van der Waals surface area (Å²) in [7, 11) is 0. The van der Waals surface area contributed by atoms with Gasteiger partial charge in [-0.1, -0.05) is 17.7 Å². The molecule has 0 spiro atoms. The van der Waals surface area contributed by atoms with Crippen LogP contribution in [0, 0.1) is 20.8 Å². The second kappa shape index (κ2) is 4.13. The smallest absolute Gasteiger partial charge is 0.404 e. The maximum Gasteiger partial charge on any atom is 0.404 e. The molecule has 0 aromatic heterocycles. The molecular formula is C11H15NO2. The molecule has 3 nitrogen and oxygen atoms in total. The third-order valence-electron chi connectivity index (χ3n) is 2.26. The van der Waals surface area contributed by atoms with E-state index in [-0.39, 0.29) is 0 Å². The van der Waals surface area contributed by atoms with E-state index in [2.05, 4.69) is 17.4 Å². The van der Waals surface area contributed by atoms with Gasteiger partial charge < -0.3 is 10.4 Å². The molecule has 2 N–H and O–H groups in total. The van der Waals surface area contributed by atoms with Crippen LogP contribution in [-0.4, -0.2) is 11.2 Å². The van der Waals surface area contributed by atoms with E-state index in [1.54, 1.807) is 0 Å². The van der Waals surface area contributed by atoms with Gasteiger partial charge in [-0.05, 0) is 37.5 Å². The van der Waals surface area contributed by atoms with Gasteiger partial charge in [0, 0.05) is 6.54 Å². The number of hydrogen-bond donors (Lipinski definition) is 2. The third kappa shape index (κ3) is 2.49. The van der Waals surface area contributed by atoms with E-state index in [0.29, 0.717) is 6.54 Å². The van der Waals surface area contributed by atoms with E-state index in [4.69, 9.17) is 5.11 Å². The van der Waals surface area contributed by atoms with Gasteiger partial charge in [0.1, 0.15) is 0 Å². The lowest BCUT2D eigenvalue weighted by atomic mass is 10.00. The fraction of sp³-hybridized carbons (Fsp3) is 0.364. The highest BCUT2D eigenvalue weighted by molar-refractivity contribution is 5.64. The maximum absolute atomic E-state index is 10.4. The Bertz CT molecular complexity index is 335. The highest BCUT2D eigenvalue weighted by Crippen LogP contribution is 2.15. The van der Waals surface area contributed by atoms with Crippen molar-refractivity contribution in [2.45, 2.75) is 27.3 Å². The molecule has 0 fully saturated rings. The molecule has 0 saturated heterocycles. The van der Waals surface area contributed by atoms with E-state index < -0.39 is 6.09 Å². The number of hydrogen-bond acceptors (Lipinski definition) is 1. The molecule has 14 heavy (non-hydrogen) atoms. The van der Waals surface area contributed by atoms with Gasteiger partial charge in [0.15, 0.2) is 0 Å². The van der Waals surface area contributed by atoms with E-state index in [1.165, 1.54) is 5.56 Å². The van der Waals surface area contributed by atoms with E-state index >= 15 is 0 Å². The second-order valence-corrected chi connectivity index (χ2v) is 3.54. The molecule has 0 saturated carbocycles. The SMILES string of the molecule is Cc1cc(C)c(CNC(=O)O)c(C)c1. The van der Waals surface area contributed by atoms with Gasteiger partial charge in [0.2, 0.25) is 0 Å². The minimum atomic E-state index is -0.982. The van der Waals surface area contributed by atoms with Crippen molar-refractivity contribution in [2.24, 2.45) is 0 Å². The van der Waals surface area contributed by atoms with Crippen LogP contribution in [0.4, 0.5) is 4.79 Å². The molecule has 1 aromatic rings. The standard InChI is InChI=1S/C11H15NO2/c1-7-4-8(2)10(9(3)5-7)6-12-11(13)14/h4-5,12H,6H2,1-3H3,(H,13,14). The number of carbonyl (C=O) groups is 1. The van der Waals surface area contributed by atoms with Crippen LogP contribution >= 0.6 is 0 Å². The quantitative estimate of drug-likeness (QED) is 0.757. The van der Waals surface area contributed by atoms with Crippen molar-refractivity contribution < 1.29 is 9.90 Å². The molecule has 0 aliphatic heterocycles. The first kappa shape index (κ1) is 10.6. The van der Waals surface area contributed by atoms with Crippen molar-refractivity contribution in [1.82, 2.24) is 5.32 Å². The summed E-state index contributed by atoms with van der Waals surface area (Å²) in [5.74, 6) is 0. The van der Waals surface area contributed by atoms with Crippen molar-refractivity contribution in [1.29, 1.82) is 0 Å². The van der Waals surface area contributed by atoms with Crippen LogP contribution in [0.1, 0.15) is 22.3 Å². The Hall–Kier alpha value is -1.51. The molecule has 0 aliphatic rings. The average Bonchev–Trinajstić information content (AvgIpc) is 2.01. The monoisotopic (exact) mass is 193 g/mol. The van der Waals surface area contributed by atoms with Gasteiger partial charge in [-0.2, -0.15) is 0 Å².